The highest BCUT2D eigenvalue weighted by atomic mass is 15.3. The maximum absolute atomic E-state index is 4.93. The van der Waals surface area contributed by atoms with Gasteiger partial charge < -0.3 is 4.57 Å². The van der Waals surface area contributed by atoms with E-state index in [1.807, 2.05) is 22.8 Å². The molecule has 0 saturated carbocycles. The summed E-state index contributed by atoms with van der Waals surface area (Å²) in [6.45, 7) is 4.24. The third kappa shape index (κ3) is 3.05. The molecular formula is C24H24N6. The Labute approximate surface area is 174 Å². The first-order valence-corrected chi connectivity index (χ1v) is 10.4. The fourth-order valence-electron chi connectivity index (χ4n) is 3.95. The zero-order chi connectivity index (χ0) is 20.7. The van der Waals surface area contributed by atoms with Gasteiger partial charge in [-0.2, -0.15) is 5.10 Å². The molecule has 0 atom stereocenters. The zero-order valence-corrected chi connectivity index (χ0v) is 17.5. The smallest absolute Gasteiger partial charge is 0.156 e. The van der Waals surface area contributed by atoms with Crippen molar-refractivity contribution in [2.45, 2.75) is 33.1 Å². The first kappa shape index (κ1) is 18.5. The second kappa shape index (κ2) is 7.37. The standard InChI is InChI=1S/C24H24N6/c1-4-5-8-19-16(2)9-13-23-26-21(28-30(19)23)12-14-22-27-24-17-7-6-15-25-18(17)10-11-20(24)29(22)3/h5-11,13,15H,4,12,14H2,1-3H3/b8-5-. The molecule has 0 N–H and O–H groups in total. The molecule has 6 heteroatoms. The van der Waals surface area contributed by atoms with E-state index in [4.69, 9.17) is 15.1 Å². The summed E-state index contributed by atoms with van der Waals surface area (Å²) in [5, 5.41) is 5.87. The highest BCUT2D eigenvalue weighted by Gasteiger charge is 2.13. The van der Waals surface area contributed by atoms with Gasteiger partial charge in [0.15, 0.2) is 11.5 Å². The lowest BCUT2D eigenvalue weighted by Gasteiger charge is -2.02. The van der Waals surface area contributed by atoms with Crippen molar-refractivity contribution in [3.8, 4) is 0 Å². The van der Waals surface area contributed by atoms with E-state index >= 15 is 0 Å². The second-order valence-electron chi connectivity index (χ2n) is 7.60. The Kier molecular flexibility index (Phi) is 4.54. The number of fused-ring (bicyclic) bond motifs is 4. The summed E-state index contributed by atoms with van der Waals surface area (Å²) in [5.41, 5.74) is 6.27. The summed E-state index contributed by atoms with van der Waals surface area (Å²) in [6, 6.07) is 12.3. The van der Waals surface area contributed by atoms with Crippen LogP contribution in [-0.2, 0) is 19.9 Å². The van der Waals surface area contributed by atoms with E-state index in [1.165, 1.54) is 5.56 Å². The summed E-state index contributed by atoms with van der Waals surface area (Å²) in [5.74, 6) is 1.87. The number of allylic oxidation sites excluding steroid dienone is 1. The lowest BCUT2D eigenvalue weighted by Crippen LogP contribution is -2.02. The molecule has 0 aliphatic rings. The molecule has 0 unspecified atom stereocenters. The fourth-order valence-corrected chi connectivity index (χ4v) is 3.95. The molecule has 4 heterocycles. The third-order valence-electron chi connectivity index (χ3n) is 5.60. The molecule has 0 aliphatic heterocycles. The van der Waals surface area contributed by atoms with Crippen LogP contribution in [0.1, 0.15) is 36.3 Å². The molecule has 0 saturated heterocycles. The molecule has 5 aromatic rings. The van der Waals surface area contributed by atoms with Gasteiger partial charge in [0.1, 0.15) is 5.82 Å². The van der Waals surface area contributed by atoms with Crippen LogP contribution in [0.15, 0.2) is 48.7 Å². The summed E-state index contributed by atoms with van der Waals surface area (Å²) in [4.78, 5) is 14.1. The van der Waals surface area contributed by atoms with Crippen molar-refractivity contribution >= 4 is 33.7 Å². The molecule has 0 aliphatic carbocycles. The van der Waals surface area contributed by atoms with Gasteiger partial charge in [-0.25, -0.2) is 14.5 Å². The Morgan fingerprint density at radius 1 is 1.03 bits per heavy atom. The number of imidazole rings is 1. The first-order chi connectivity index (χ1) is 14.7. The van der Waals surface area contributed by atoms with Gasteiger partial charge in [0, 0.05) is 31.5 Å². The van der Waals surface area contributed by atoms with Gasteiger partial charge in [0.05, 0.1) is 22.2 Å². The van der Waals surface area contributed by atoms with E-state index in [-0.39, 0.29) is 0 Å². The molecule has 0 spiro atoms. The van der Waals surface area contributed by atoms with Crippen LogP contribution in [0.4, 0.5) is 0 Å². The van der Waals surface area contributed by atoms with Crippen molar-refractivity contribution in [1.29, 1.82) is 0 Å². The zero-order valence-electron chi connectivity index (χ0n) is 17.5. The van der Waals surface area contributed by atoms with Crippen molar-refractivity contribution in [2.24, 2.45) is 7.05 Å². The number of nitrogens with zero attached hydrogens (tertiary/aromatic N) is 6. The quantitative estimate of drug-likeness (QED) is 0.433. The molecule has 150 valence electrons. The van der Waals surface area contributed by atoms with Crippen LogP contribution in [0.5, 0.6) is 0 Å². The van der Waals surface area contributed by atoms with Crippen molar-refractivity contribution < 1.29 is 0 Å². The fraction of sp³-hybridized carbons (Fsp3) is 0.250. The number of aryl methyl sites for hydroxylation is 4. The van der Waals surface area contributed by atoms with Crippen LogP contribution in [-0.4, -0.2) is 29.1 Å². The lowest BCUT2D eigenvalue weighted by molar-refractivity contribution is 0.754. The van der Waals surface area contributed by atoms with Crippen molar-refractivity contribution in [2.75, 3.05) is 0 Å². The van der Waals surface area contributed by atoms with Crippen LogP contribution in [0.25, 0.3) is 33.7 Å². The molecule has 0 bridgehead atoms. The lowest BCUT2D eigenvalue weighted by atomic mass is 10.2. The summed E-state index contributed by atoms with van der Waals surface area (Å²) in [7, 11) is 2.07. The summed E-state index contributed by atoms with van der Waals surface area (Å²) in [6.07, 6.45) is 8.62. The average Bonchev–Trinajstić information content (AvgIpc) is 3.32. The van der Waals surface area contributed by atoms with Crippen LogP contribution >= 0.6 is 0 Å². The van der Waals surface area contributed by atoms with Crippen LogP contribution in [0.3, 0.4) is 0 Å². The number of pyridine rings is 2. The number of hydrogen-bond acceptors (Lipinski definition) is 4. The molecule has 6 nitrogen and oxygen atoms in total. The monoisotopic (exact) mass is 396 g/mol. The topological polar surface area (TPSA) is 60.9 Å². The average molecular weight is 396 g/mol. The number of rotatable bonds is 5. The van der Waals surface area contributed by atoms with E-state index < -0.39 is 0 Å². The molecule has 30 heavy (non-hydrogen) atoms. The van der Waals surface area contributed by atoms with Crippen molar-refractivity contribution in [1.82, 2.24) is 29.1 Å². The van der Waals surface area contributed by atoms with E-state index in [0.717, 1.165) is 64.2 Å². The minimum absolute atomic E-state index is 0.741. The molecule has 0 amide bonds. The molecule has 5 rings (SSSR count). The second-order valence-corrected chi connectivity index (χ2v) is 7.60. The minimum atomic E-state index is 0.741. The van der Waals surface area contributed by atoms with Gasteiger partial charge in [-0.15, -0.1) is 0 Å². The van der Waals surface area contributed by atoms with Crippen molar-refractivity contribution in [3.63, 3.8) is 0 Å². The number of aromatic nitrogens is 6. The highest BCUT2D eigenvalue weighted by molar-refractivity contribution is 6.02. The third-order valence-corrected chi connectivity index (χ3v) is 5.60. The summed E-state index contributed by atoms with van der Waals surface area (Å²) >= 11 is 0. The Balaban J connectivity index is 1.48. The number of hydrogen-bond donors (Lipinski definition) is 0. The molecule has 0 radical (unpaired) electrons. The number of benzene rings is 1. The first-order valence-electron chi connectivity index (χ1n) is 10.4. The maximum atomic E-state index is 4.93. The van der Waals surface area contributed by atoms with Gasteiger partial charge in [-0.1, -0.05) is 19.1 Å². The molecule has 1 aromatic carbocycles. The van der Waals surface area contributed by atoms with E-state index in [1.54, 1.807) is 0 Å². The normalized spacial score (nSPS) is 12.1. The molecule has 4 aromatic heterocycles. The van der Waals surface area contributed by atoms with Crippen LogP contribution < -0.4 is 0 Å². The predicted octanol–water partition coefficient (Wildman–Crippen LogP) is 4.68. The SMILES string of the molecule is CC/C=C\c1c(C)ccc2nc(CCc3nc4c5cccnc5ccc4n3C)nn12. The van der Waals surface area contributed by atoms with Gasteiger partial charge in [-0.3, -0.25) is 4.98 Å². The Morgan fingerprint density at radius 2 is 1.93 bits per heavy atom. The van der Waals surface area contributed by atoms with Crippen LogP contribution in [0.2, 0.25) is 0 Å². The van der Waals surface area contributed by atoms with E-state index in [0.29, 0.717) is 0 Å². The van der Waals surface area contributed by atoms with Crippen molar-refractivity contribution in [3.05, 3.63) is 71.6 Å². The van der Waals surface area contributed by atoms with Gasteiger partial charge in [0.2, 0.25) is 0 Å². The predicted molar refractivity (Wildman–Crippen MR) is 120 cm³/mol. The molecular weight excluding hydrogens is 372 g/mol. The van der Waals surface area contributed by atoms with E-state index in [2.05, 4.69) is 66.9 Å². The largest absolute Gasteiger partial charge is 0.331 e. The Morgan fingerprint density at radius 3 is 2.80 bits per heavy atom. The minimum Gasteiger partial charge on any atom is -0.331 e. The van der Waals surface area contributed by atoms with Gasteiger partial charge >= 0.3 is 0 Å². The van der Waals surface area contributed by atoms with Gasteiger partial charge in [-0.05, 0) is 55.3 Å². The highest BCUT2D eigenvalue weighted by Crippen LogP contribution is 2.24. The van der Waals surface area contributed by atoms with Gasteiger partial charge in [0.25, 0.3) is 0 Å². The van der Waals surface area contributed by atoms with E-state index in [9.17, 15) is 0 Å². The Hall–Kier alpha value is -3.54. The maximum Gasteiger partial charge on any atom is 0.156 e. The molecule has 0 fully saturated rings. The van der Waals surface area contributed by atoms with Crippen LogP contribution in [0, 0.1) is 6.92 Å². The summed E-state index contributed by atoms with van der Waals surface area (Å²) < 4.78 is 4.11. The Bertz CT molecular complexity index is 1410.